The van der Waals surface area contributed by atoms with Gasteiger partial charge < -0.3 is 16.0 Å². The third kappa shape index (κ3) is 4.67. The van der Waals surface area contributed by atoms with E-state index in [0.717, 1.165) is 24.0 Å². The summed E-state index contributed by atoms with van der Waals surface area (Å²) in [6.07, 6.45) is 0. The minimum Gasteiger partial charge on any atom is -0.370 e. The number of hydrogen-bond donors (Lipinski definition) is 2. The van der Waals surface area contributed by atoms with Gasteiger partial charge in [-0.2, -0.15) is 0 Å². The maximum Gasteiger partial charge on any atom is 0.134 e. The maximum atomic E-state index is 5.62. The quantitative estimate of drug-likeness (QED) is 0.852. The van der Waals surface area contributed by atoms with Crippen LogP contribution in [0.4, 0.5) is 11.6 Å². The van der Waals surface area contributed by atoms with Crippen LogP contribution in [0.2, 0.25) is 0 Å². The predicted molar refractivity (Wildman–Crippen MR) is 81.6 cm³/mol. The molecule has 1 aromatic rings. The van der Waals surface area contributed by atoms with Crippen LogP contribution in [0.5, 0.6) is 0 Å². The van der Waals surface area contributed by atoms with Gasteiger partial charge in [0.25, 0.3) is 0 Å². The minimum atomic E-state index is 0.0304. The summed E-state index contributed by atoms with van der Waals surface area (Å²) in [5.41, 5.74) is 5.65. The molecule has 1 unspecified atom stereocenters. The van der Waals surface area contributed by atoms with E-state index < -0.39 is 0 Å². The fraction of sp³-hybridized carbons (Fsp3) is 0.714. The average Bonchev–Trinajstić information content (AvgIpc) is 2.33. The fourth-order valence-electron chi connectivity index (χ4n) is 1.52. The van der Waals surface area contributed by atoms with Crippen molar-refractivity contribution in [2.24, 2.45) is 11.7 Å². The van der Waals surface area contributed by atoms with Crippen LogP contribution in [-0.4, -0.2) is 35.6 Å². The van der Waals surface area contributed by atoms with Gasteiger partial charge in [-0.05, 0) is 40.2 Å². The molecule has 5 heteroatoms. The van der Waals surface area contributed by atoms with Crippen LogP contribution in [0.15, 0.2) is 6.07 Å². The van der Waals surface area contributed by atoms with Crippen molar-refractivity contribution in [1.29, 1.82) is 0 Å². The molecule has 0 radical (unpaired) electrons. The number of aromatic nitrogens is 2. The first kappa shape index (κ1) is 15.7. The van der Waals surface area contributed by atoms with Crippen LogP contribution < -0.4 is 16.0 Å². The summed E-state index contributed by atoms with van der Waals surface area (Å²) in [6, 6.07) is 1.99. The van der Waals surface area contributed by atoms with Gasteiger partial charge in [-0.1, -0.05) is 6.92 Å². The molecule has 0 aromatic carbocycles. The predicted octanol–water partition coefficient (Wildman–Crippen LogP) is 2.03. The van der Waals surface area contributed by atoms with Crippen LogP contribution >= 0.6 is 0 Å². The van der Waals surface area contributed by atoms with E-state index in [0.29, 0.717) is 12.5 Å². The smallest absolute Gasteiger partial charge is 0.134 e. The van der Waals surface area contributed by atoms with Crippen LogP contribution in [0.1, 0.15) is 33.5 Å². The summed E-state index contributed by atoms with van der Waals surface area (Å²) >= 11 is 0. The number of hydrogen-bond acceptors (Lipinski definition) is 5. The molecule has 0 saturated heterocycles. The Balaban J connectivity index is 2.88. The second-order valence-corrected chi connectivity index (χ2v) is 6.11. The van der Waals surface area contributed by atoms with Crippen molar-refractivity contribution in [1.82, 2.24) is 9.97 Å². The monoisotopic (exact) mass is 265 g/mol. The van der Waals surface area contributed by atoms with Gasteiger partial charge in [-0.25, -0.2) is 9.97 Å². The molecule has 0 aliphatic rings. The number of anilines is 2. The number of nitrogens with zero attached hydrogens (tertiary/aromatic N) is 3. The van der Waals surface area contributed by atoms with Crippen molar-refractivity contribution < 1.29 is 0 Å². The van der Waals surface area contributed by atoms with Crippen LogP contribution in [-0.2, 0) is 0 Å². The summed E-state index contributed by atoms with van der Waals surface area (Å²) in [4.78, 5) is 11.1. The lowest BCUT2D eigenvalue weighted by Gasteiger charge is -2.33. The molecular formula is C14H27N5. The molecule has 5 nitrogen and oxygen atoms in total. The first-order valence-corrected chi connectivity index (χ1v) is 6.77. The van der Waals surface area contributed by atoms with E-state index in [1.165, 1.54) is 0 Å². The van der Waals surface area contributed by atoms with E-state index in [9.17, 15) is 0 Å². The summed E-state index contributed by atoms with van der Waals surface area (Å²) < 4.78 is 0. The first-order chi connectivity index (χ1) is 8.74. The molecular weight excluding hydrogens is 238 g/mol. The largest absolute Gasteiger partial charge is 0.370 e. The summed E-state index contributed by atoms with van der Waals surface area (Å²) in [5, 5.41) is 3.33. The Kier molecular flexibility index (Phi) is 5.11. The number of aryl methyl sites for hydroxylation is 1. The van der Waals surface area contributed by atoms with Crippen molar-refractivity contribution in [2.75, 3.05) is 30.4 Å². The Hall–Kier alpha value is -1.36. The van der Waals surface area contributed by atoms with Crippen LogP contribution in [0.3, 0.4) is 0 Å². The maximum absolute atomic E-state index is 5.62. The molecule has 3 N–H and O–H groups in total. The molecule has 0 bridgehead atoms. The van der Waals surface area contributed by atoms with Gasteiger partial charge in [0, 0.05) is 25.2 Å². The molecule has 1 aromatic heterocycles. The molecule has 108 valence electrons. The van der Waals surface area contributed by atoms with E-state index in [4.69, 9.17) is 5.73 Å². The number of rotatable bonds is 5. The Labute approximate surface area is 116 Å². The molecule has 0 fully saturated rings. The van der Waals surface area contributed by atoms with Crippen molar-refractivity contribution in [3.63, 3.8) is 0 Å². The second kappa shape index (κ2) is 6.19. The zero-order chi connectivity index (χ0) is 14.6. The van der Waals surface area contributed by atoms with Gasteiger partial charge in [0.2, 0.25) is 0 Å². The lowest BCUT2D eigenvalue weighted by molar-refractivity contribution is 0.533. The SMILES string of the molecule is Cc1nc(NCC(C)CN)cc(N(C)C(C)(C)C)n1. The topological polar surface area (TPSA) is 67.1 Å². The summed E-state index contributed by atoms with van der Waals surface area (Å²) in [6.45, 7) is 12.0. The lowest BCUT2D eigenvalue weighted by atomic mass is 10.1. The molecule has 1 rings (SSSR count). The Bertz CT molecular complexity index is 411. The Morgan fingerprint density at radius 2 is 2.00 bits per heavy atom. The fourth-order valence-corrected chi connectivity index (χ4v) is 1.52. The second-order valence-electron chi connectivity index (χ2n) is 6.11. The molecule has 1 heterocycles. The van der Waals surface area contributed by atoms with E-state index in [1.807, 2.05) is 20.0 Å². The standard InChI is InChI=1S/C14H27N5/c1-10(8-15)9-16-12-7-13(18-11(2)17-12)19(6)14(3,4)5/h7,10H,8-9,15H2,1-6H3,(H,16,17,18). The van der Waals surface area contributed by atoms with Gasteiger partial charge in [0.05, 0.1) is 0 Å². The van der Waals surface area contributed by atoms with Crippen molar-refractivity contribution in [2.45, 2.75) is 40.2 Å². The van der Waals surface area contributed by atoms with E-state index in [2.05, 4.69) is 47.9 Å². The van der Waals surface area contributed by atoms with E-state index in [1.54, 1.807) is 0 Å². The highest BCUT2D eigenvalue weighted by Gasteiger charge is 2.19. The third-order valence-corrected chi connectivity index (χ3v) is 3.21. The van der Waals surface area contributed by atoms with Gasteiger partial charge in [-0.3, -0.25) is 0 Å². The Morgan fingerprint density at radius 1 is 1.37 bits per heavy atom. The molecule has 0 aliphatic heterocycles. The van der Waals surface area contributed by atoms with Crippen molar-refractivity contribution in [3.05, 3.63) is 11.9 Å². The highest BCUT2D eigenvalue weighted by atomic mass is 15.2. The van der Waals surface area contributed by atoms with Crippen molar-refractivity contribution in [3.8, 4) is 0 Å². The lowest BCUT2D eigenvalue weighted by Crippen LogP contribution is -2.38. The highest BCUT2D eigenvalue weighted by Crippen LogP contribution is 2.22. The van der Waals surface area contributed by atoms with Gasteiger partial charge in [0.15, 0.2) is 0 Å². The zero-order valence-electron chi connectivity index (χ0n) is 13.0. The molecule has 0 saturated carbocycles. The molecule has 0 amide bonds. The van der Waals surface area contributed by atoms with Gasteiger partial charge >= 0.3 is 0 Å². The first-order valence-electron chi connectivity index (χ1n) is 6.77. The summed E-state index contributed by atoms with van der Waals surface area (Å²) in [7, 11) is 2.05. The molecule has 0 spiro atoms. The normalized spacial score (nSPS) is 13.2. The van der Waals surface area contributed by atoms with Crippen LogP contribution in [0.25, 0.3) is 0 Å². The average molecular weight is 265 g/mol. The minimum absolute atomic E-state index is 0.0304. The van der Waals surface area contributed by atoms with Gasteiger partial charge in [0.1, 0.15) is 17.5 Å². The molecule has 19 heavy (non-hydrogen) atoms. The Morgan fingerprint density at radius 3 is 2.53 bits per heavy atom. The molecule has 1 atom stereocenters. The zero-order valence-corrected chi connectivity index (χ0v) is 13.0. The highest BCUT2D eigenvalue weighted by molar-refractivity contribution is 5.50. The molecule has 0 aliphatic carbocycles. The van der Waals surface area contributed by atoms with Crippen LogP contribution in [0, 0.1) is 12.8 Å². The third-order valence-electron chi connectivity index (χ3n) is 3.21. The number of nitrogens with two attached hydrogens (primary N) is 1. The number of nitrogens with one attached hydrogen (secondary N) is 1. The van der Waals surface area contributed by atoms with E-state index in [-0.39, 0.29) is 5.54 Å². The van der Waals surface area contributed by atoms with Gasteiger partial charge in [-0.15, -0.1) is 0 Å². The summed E-state index contributed by atoms with van der Waals surface area (Å²) in [5.74, 6) is 3.00. The van der Waals surface area contributed by atoms with Crippen molar-refractivity contribution >= 4 is 11.6 Å². The van der Waals surface area contributed by atoms with E-state index >= 15 is 0 Å².